The molecule has 0 fully saturated rings. The molecule has 0 spiro atoms. The van der Waals surface area contributed by atoms with Gasteiger partial charge < -0.3 is 29.6 Å². The molecule has 0 aromatic rings. The molecule has 0 amide bonds. The van der Waals surface area contributed by atoms with E-state index in [4.69, 9.17) is 9.29 Å². The largest absolute Gasteiger partial charge is 1.00 e. The summed E-state index contributed by atoms with van der Waals surface area (Å²) in [6.45, 7) is 2.07. The number of aliphatic hydroxyl groups is 2. The topological polar surface area (TPSA) is 200 Å². The number of nitrogens with zero attached hydrogens (tertiary/aromatic N) is 2. The zero-order valence-electron chi connectivity index (χ0n) is 27.3. The number of aliphatic imine (C=N–C) groups is 1. The van der Waals surface area contributed by atoms with Crippen molar-refractivity contribution in [1.29, 1.82) is 0 Å². The van der Waals surface area contributed by atoms with Gasteiger partial charge in [0.2, 0.25) is 0 Å². The maximum Gasteiger partial charge on any atom is 1.00 e. The molecule has 0 aromatic heterocycles. The molecular weight excluding hydrogens is 634 g/mol. The standard InChI is InChI=1S/C28H56N2O10S2.2Na/c1-2-3-4-5-6-7-8-9-10-11-12-13-14-15-16-17-28(33)29-18-19-30(22-26(31)24-41(34,35)36)20-21-40-23-27(32)25-42(37,38)39;;/h9-10,26-27,31-32H,2-8,11-25H2,1H3,(H,29,33)(H,34,35,36)(H,37,38,39);;/q;2*+1/p-2/b10-9-;;. The zero-order chi connectivity index (χ0) is 31.7. The van der Waals surface area contributed by atoms with Crippen LogP contribution in [0.25, 0.3) is 0 Å². The molecule has 2 unspecified atom stereocenters. The van der Waals surface area contributed by atoms with Crippen molar-refractivity contribution in [3.8, 4) is 0 Å². The third kappa shape index (κ3) is 37.3. The van der Waals surface area contributed by atoms with Crippen molar-refractivity contribution in [2.75, 3.05) is 50.9 Å². The van der Waals surface area contributed by atoms with E-state index in [1.54, 1.807) is 4.90 Å². The predicted molar refractivity (Wildman–Crippen MR) is 162 cm³/mol. The first kappa shape index (κ1) is 49.3. The summed E-state index contributed by atoms with van der Waals surface area (Å²) in [5.74, 6) is -2.09. The quantitative estimate of drug-likeness (QED) is 0.0174. The van der Waals surface area contributed by atoms with Crippen molar-refractivity contribution < 1.29 is 105 Å². The van der Waals surface area contributed by atoms with Crippen LogP contribution in [0.4, 0.5) is 0 Å². The molecule has 0 aromatic carbocycles. The molecule has 0 aliphatic heterocycles. The van der Waals surface area contributed by atoms with Gasteiger partial charge in [0.05, 0.1) is 47.8 Å². The van der Waals surface area contributed by atoms with Crippen LogP contribution < -0.4 is 64.2 Å². The molecule has 0 rings (SSSR count). The molecule has 3 N–H and O–H groups in total. The van der Waals surface area contributed by atoms with Crippen LogP contribution in [0.3, 0.4) is 0 Å². The van der Waals surface area contributed by atoms with Crippen molar-refractivity contribution in [3.63, 3.8) is 0 Å². The van der Waals surface area contributed by atoms with E-state index in [1.807, 2.05) is 0 Å². The summed E-state index contributed by atoms with van der Waals surface area (Å²) in [7, 11) is -9.00. The van der Waals surface area contributed by atoms with Crippen LogP contribution in [0.5, 0.6) is 0 Å². The average molecular weight is 689 g/mol. The monoisotopic (exact) mass is 688 g/mol. The van der Waals surface area contributed by atoms with Gasteiger partial charge in [0.15, 0.2) is 0 Å². The van der Waals surface area contributed by atoms with E-state index in [1.165, 1.54) is 38.5 Å². The SMILES string of the molecule is CCCCCCCC/C=C\CCCCCCCC([O-])=NCCN(CCOCC(O)CS(=O)(=O)O)CC(O)CS(=O)(=O)[O-].[Na+].[Na+]. The Morgan fingerprint density at radius 1 is 0.841 bits per heavy atom. The third-order valence-electron chi connectivity index (χ3n) is 6.49. The van der Waals surface area contributed by atoms with Crippen molar-refractivity contribution in [1.82, 2.24) is 4.90 Å². The van der Waals surface area contributed by atoms with E-state index in [-0.39, 0.29) is 104 Å². The Balaban J connectivity index is -0.00000840. The predicted octanol–water partition coefficient (Wildman–Crippen LogP) is -3.74. The van der Waals surface area contributed by atoms with E-state index in [9.17, 15) is 36.7 Å². The van der Waals surface area contributed by atoms with Gasteiger partial charge >= 0.3 is 59.1 Å². The Labute approximate surface area is 310 Å². The Morgan fingerprint density at radius 2 is 1.39 bits per heavy atom. The second-order valence-corrected chi connectivity index (χ2v) is 13.7. The van der Waals surface area contributed by atoms with Gasteiger partial charge in [0.25, 0.3) is 10.1 Å². The summed E-state index contributed by atoms with van der Waals surface area (Å²) in [6, 6.07) is 0. The van der Waals surface area contributed by atoms with E-state index < -0.39 is 43.9 Å². The van der Waals surface area contributed by atoms with Crippen LogP contribution in [0.2, 0.25) is 0 Å². The fraction of sp³-hybridized carbons (Fsp3) is 0.893. The average Bonchev–Trinajstić information content (AvgIpc) is 2.86. The molecule has 16 heteroatoms. The fourth-order valence-corrected chi connectivity index (χ4v) is 5.49. The van der Waals surface area contributed by atoms with Gasteiger partial charge in [-0.1, -0.05) is 70.4 Å². The minimum absolute atomic E-state index is 0. The second-order valence-electron chi connectivity index (χ2n) is 10.8. The molecule has 0 saturated heterocycles. The molecule has 0 bridgehead atoms. The number of hydrogen-bond donors (Lipinski definition) is 3. The van der Waals surface area contributed by atoms with E-state index in [0.717, 1.165) is 44.9 Å². The summed E-state index contributed by atoms with van der Waals surface area (Å²) in [6.07, 6.45) is 17.2. The van der Waals surface area contributed by atoms with E-state index >= 15 is 0 Å². The van der Waals surface area contributed by atoms with Gasteiger partial charge in [-0.2, -0.15) is 8.42 Å². The summed E-state index contributed by atoms with van der Waals surface area (Å²) < 4.78 is 68.3. The van der Waals surface area contributed by atoms with Gasteiger partial charge in [-0.25, -0.2) is 8.42 Å². The van der Waals surface area contributed by atoms with Crippen molar-refractivity contribution >= 4 is 26.1 Å². The smallest absolute Gasteiger partial charge is 0.862 e. The number of hydrogen-bond acceptors (Lipinski definition) is 11. The maximum absolute atomic E-state index is 12.1. The first-order valence-electron chi connectivity index (χ1n) is 15.2. The summed E-state index contributed by atoms with van der Waals surface area (Å²) >= 11 is 0. The second kappa shape index (κ2) is 31.2. The van der Waals surface area contributed by atoms with Crippen molar-refractivity contribution in [3.05, 3.63) is 12.2 Å². The number of rotatable bonds is 29. The number of unbranched alkanes of at least 4 members (excludes halogenated alkanes) is 11. The molecule has 0 aliphatic rings. The molecular formula is C28H54N2Na2O10S2. The molecule has 0 radical (unpaired) electrons. The van der Waals surface area contributed by atoms with Gasteiger partial charge in [-0.15, -0.1) is 0 Å². The molecule has 44 heavy (non-hydrogen) atoms. The number of ether oxygens (including phenoxy) is 1. The van der Waals surface area contributed by atoms with Gasteiger partial charge in [-0.3, -0.25) is 9.45 Å². The first-order valence-corrected chi connectivity index (χ1v) is 18.4. The maximum atomic E-state index is 12.1. The van der Waals surface area contributed by atoms with Crippen LogP contribution in [0, 0.1) is 0 Å². The minimum Gasteiger partial charge on any atom is -0.862 e. The Bertz CT molecular complexity index is 939. The normalized spacial score (nSPS) is 14.0. The molecule has 0 aliphatic carbocycles. The van der Waals surface area contributed by atoms with Crippen molar-refractivity contribution in [2.45, 2.75) is 109 Å². The summed E-state index contributed by atoms with van der Waals surface area (Å²) in [5, 5.41) is 31.6. The molecule has 0 saturated carbocycles. The Hall–Kier alpha value is 0.870. The van der Waals surface area contributed by atoms with Crippen LogP contribution >= 0.6 is 0 Å². The fourth-order valence-electron chi connectivity index (χ4n) is 4.33. The van der Waals surface area contributed by atoms with Gasteiger partial charge in [0, 0.05) is 19.6 Å². The number of aliphatic hydroxyl groups excluding tert-OH is 2. The van der Waals surface area contributed by atoms with Gasteiger partial charge in [-0.05, 0) is 44.4 Å². The van der Waals surface area contributed by atoms with E-state index in [0.29, 0.717) is 6.42 Å². The van der Waals surface area contributed by atoms with Crippen LogP contribution in [-0.2, 0) is 25.0 Å². The minimum atomic E-state index is -4.64. The van der Waals surface area contributed by atoms with Crippen LogP contribution in [0.1, 0.15) is 96.8 Å². The first-order chi connectivity index (χ1) is 19.8. The molecule has 2 atom stereocenters. The third-order valence-corrected chi connectivity index (χ3v) is 8.09. The molecule has 0 heterocycles. The van der Waals surface area contributed by atoms with Crippen LogP contribution in [0.15, 0.2) is 17.1 Å². The van der Waals surface area contributed by atoms with Gasteiger partial charge in [0.1, 0.15) is 5.75 Å². The van der Waals surface area contributed by atoms with E-state index in [2.05, 4.69) is 24.1 Å². The molecule has 12 nitrogen and oxygen atoms in total. The summed E-state index contributed by atoms with van der Waals surface area (Å²) in [5.41, 5.74) is 0. The van der Waals surface area contributed by atoms with Crippen molar-refractivity contribution in [2.24, 2.45) is 4.99 Å². The summed E-state index contributed by atoms with van der Waals surface area (Å²) in [4.78, 5) is 5.58. The Kier molecular flexibility index (Phi) is 34.9. The van der Waals surface area contributed by atoms with Crippen LogP contribution in [-0.4, -0.2) is 110 Å². The zero-order valence-corrected chi connectivity index (χ0v) is 32.9. The Morgan fingerprint density at radius 3 is 1.93 bits per heavy atom. The number of allylic oxidation sites excluding steroid dienone is 2. The molecule has 250 valence electrons.